The monoisotopic (exact) mass is 146 g/mol. The van der Waals surface area contributed by atoms with Gasteiger partial charge < -0.3 is 11.1 Å². The van der Waals surface area contributed by atoms with E-state index in [0.717, 1.165) is 0 Å². The second-order valence-electron chi connectivity index (χ2n) is 2.86. The van der Waals surface area contributed by atoms with Crippen molar-refractivity contribution >= 4 is 0 Å². The molecule has 0 aromatic carbocycles. The summed E-state index contributed by atoms with van der Waals surface area (Å²) in [5.74, 6) is 0. The normalized spacial score (nSPS) is 9.60. The van der Waals surface area contributed by atoms with Gasteiger partial charge in [0.2, 0.25) is 0 Å². The van der Waals surface area contributed by atoms with E-state index in [-0.39, 0.29) is 6.15 Å². The molecule has 0 rings (SSSR count). The topological polar surface area (TPSA) is 38.2 Å². The minimum atomic E-state index is 0. The Hall–Kier alpha value is -0.0800. The first-order valence-corrected chi connectivity index (χ1v) is 3.92. The molecule has 10 heavy (non-hydrogen) atoms. The first-order chi connectivity index (χ1) is 4.27. The van der Waals surface area contributed by atoms with Crippen molar-refractivity contribution in [3.63, 3.8) is 0 Å². The third-order valence-corrected chi connectivity index (χ3v) is 1.46. The highest BCUT2D eigenvalue weighted by molar-refractivity contribution is 4.44. The molecule has 0 fully saturated rings. The molecule has 0 saturated carbocycles. The molecule has 0 amide bonds. The fourth-order valence-electron chi connectivity index (χ4n) is 0.855. The van der Waals surface area contributed by atoms with E-state index in [1.807, 2.05) is 0 Å². The fraction of sp³-hybridized carbons (Fsp3) is 1.00. The van der Waals surface area contributed by atoms with E-state index in [1.165, 1.54) is 32.2 Å². The summed E-state index contributed by atoms with van der Waals surface area (Å²) in [6.07, 6.45) is 5.50. The first kappa shape index (κ1) is 12.6. The van der Waals surface area contributed by atoms with E-state index in [1.54, 1.807) is 0 Å². The van der Waals surface area contributed by atoms with Gasteiger partial charge >= 0.3 is 0 Å². The van der Waals surface area contributed by atoms with Gasteiger partial charge in [0.05, 0.1) is 0 Å². The van der Waals surface area contributed by atoms with Crippen molar-refractivity contribution in [1.82, 2.24) is 11.1 Å². The molecule has 2 nitrogen and oxygen atoms in total. The lowest BCUT2D eigenvalue weighted by Crippen LogP contribution is -2.12. The van der Waals surface area contributed by atoms with Gasteiger partial charge in [-0.1, -0.05) is 26.2 Å². The highest BCUT2D eigenvalue weighted by atomic mass is 15.0. The standard InChI is InChI=1S/C8H19N.H3N/c1-4-5-6-7-8-9(2)3;/h4-8H2,1-3H3;1H3. The van der Waals surface area contributed by atoms with Crippen LogP contribution in [0.4, 0.5) is 0 Å². The molecule has 0 radical (unpaired) electrons. The zero-order valence-electron chi connectivity index (χ0n) is 7.69. The highest BCUT2D eigenvalue weighted by Crippen LogP contribution is 1.98. The van der Waals surface area contributed by atoms with Crippen molar-refractivity contribution in [2.24, 2.45) is 0 Å². The van der Waals surface area contributed by atoms with Gasteiger partial charge in [-0.3, -0.25) is 0 Å². The second kappa shape index (κ2) is 8.92. The molecule has 0 atom stereocenters. The molecule has 0 saturated heterocycles. The SMILES string of the molecule is CCCCCCN(C)C.N. The van der Waals surface area contributed by atoms with Crippen molar-refractivity contribution in [3.8, 4) is 0 Å². The van der Waals surface area contributed by atoms with Crippen LogP contribution in [-0.4, -0.2) is 25.5 Å². The van der Waals surface area contributed by atoms with Crippen LogP contribution in [0.15, 0.2) is 0 Å². The van der Waals surface area contributed by atoms with E-state index in [4.69, 9.17) is 0 Å². The number of nitrogens with zero attached hydrogens (tertiary/aromatic N) is 1. The molecule has 2 heteroatoms. The van der Waals surface area contributed by atoms with Crippen LogP contribution in [0.3, 0.4) is 0 Å². The highest BCUT2D eigenvalue weighted by Gasteiger charge is 1.88. The smallest absolute Gasteiger partial charge is 0.00248 e. The minimum Gasteiger partial charge on any atom is -0.344 e. The predicted octanol–water partition coefficient (Wildman–Crippen LogP) is 2.29. The zero-order valence-corrected chi connectivity index (χ0v) is 7.69. The number of rotatable bonds is 5. The Bertz CT molecular complexity index is 53.2. The van der Waals surface area contributed by atoms with Gasteiger partial charge in [0.25, 0.3) is 0 Å². The predicted molar refractivity (Wildman–Crippen MR) is 47.7 cm³/mol. The number of unbranched alkanes of at least 4 members (excludes halogenated alkanes) is 3. The van der Waals surface area contributed by atoms with E-state index in [9.17, 15) is 0 Å². The quantitative estimate of drug-likeness (QED) is 0.604. The maximum Gasteiger partial charge on any atom is -0.00248 e. The van der Waals surface area contributed by atoms with Crippen LogP contribution in [0.5, 0.6) is 0 Å². The Balaban J connectivity index is 0. The molecule has 0 unspecified atom stereocenters. The molecule has 0 aliphatic heterocycles. The molecular formula is C8H22N2. The molecule has 0 heterocycles. The van der Waals surface area contributed by atoms with Crippen molar-refractivity contribution in [1.29, 1.82) is 0 Å². The average molecular weight is 146 g/mol. The Morgan fingerprint density at radius 2 is 1.60 bits per heavy atom. The summed E-state index contributed by atoms with van der Waals surface area (Å²) in [6, 6.07) is 0. The summed E-state index contributed by atoms with van der Waals surface area (Å²) in [4.78, 5) is 2.25. The Labute approximate surface area is 65.2 Å². The summed E-state index contributed by atoms with van der Waals surface area (Å²) in [6.45, 7) is 3.50. The third kappa shape index (κ3) is 10.8. The van der Waals surface area contributed by atoms with Gasteiger partial charge in [-0.05, 0) is 27.1 Å². The van der Waals surface area contributed by atoms with Crippen molar-refractivity contribution in [2.75, 3.05) is 20.6 Å². The molecular weight excluding hydrogens is 124 g/mol. The molecule has 64 valence electrons. The fourth-order valence-corrected chi connectivity index (χ4v) is 0.855. The van der Waals surface area contributed by atoms with Crippen LogP contribution in [0.25, 0.3) is 0 Å². The van der Waals surface area contributed by atoms with Crippen LogP contribution in [0.2, 0.25) is 0 Å². The van der Waals surface area contributed by atoms with Crippen LogP contribution in [0.1, 0.15) is 32.6 Å². The second-order valence-corrected chi connectivity index (χ2v) is 2.86. The molecule has 0 aliphatic rings. The maximum absolute atomic E-state index is 2.25. The number of hydrogen-bond donors (Lipinski definition) is 1. The molecule has 0 spiro atoms. The van der Waals surface area contributed by atoms with Gasteiger partial charge in [-0.2, -0.15) is 0 Å². The molecule has 0 bridgehead atoms. The largest absolute Gasteiger partial charge is 0.344 e. The van der Waals surface area contributed by atoms with Gasteiger partial charge in [0.1, 0.15) is 0 Å². The van der Waals surface area contributed by atoms with Crippen LogP contribution < -0.4 is 6.15 Å². The molecule has 0 aliphatic carbocycles. The summed E-state index contributed by atoms with van der Waals surface area (Å²) >= 11 is 0. The molecule has 3 N–H and O–H groups in total. The molecule has 0 aromatic rings. The summed E-state index contributed by atoms with van der Waals surface area (Å²) in [7, 11) is 4.26. The average Bonchev–Trinajstić information content (AvgIpc) is 1.80. The van der Waals surface area contributed by atoms with Crippen molar-refractivity contribution in [3.05, 3.63) is 0 Å². The van der Waals surface area contributed by atoms with E-state index >= 15 is 0 Å². The van der Waals surface area contributed by atoms with E-state index < -0.39 is 0 Å². The van der Waals surface area contributed by atoms with Gasteiger partial charge in [-0.25, -0.2) is 0 Å². The zero-order chi connectivity index (χ0) is 7.11. The van der Waals surface area contributed by atoms with Gasteiger partial charge in [0.15, 0.2) is 0 Å². The molecule has 0 aromatic heterocycles. The minimum absolute atomic E-state index is 0. The van der Waals surface area contributed by atoms with E-state index in [0.29, 0.717) is 0 Å². The summed E-state index contributed by atoms with van der Waals surface area (Å²) < 4.78 is 0. The van der Waals surface area contributed by atoms with E-state index in [2.05, 4.69) is 25.9 Å². The van der Waals surface area contributed by atoms with Crippen LogP contribution >= 0.6 is 0 Å². The van der Waals surface area contributed by atoms with Crippen molar-refractivity contribution < 1.29 is 0 Å². The Morgan fingerprint density at radius 3 is 2.00 bits per heavy atom. The van der Waals surface area contributed by atoms with Crippen LogP contribution in [0, 0.1) is 0 Å². The first-order valence-electron chi connectivity index (χ1n) is 3.92. The maximum atomic E-state index is 2.25. The van der Waals surface area contributed by atoms with Gasteiger partial charge in [0, 0.05) is 0 Å². The summed E-state index contributed by atoms with van der Waals surface area (Å²) in [5.41, 5.74) is 0. The Kier molecular flexibility index (Phi) is 11.2. The summed E-state index contributed by atoms with van der Waals surface area (Å²) in [5, 5.41) is 0. The van der Waals surface area contributed by atoms with Gasteiger partial charge in [-0.15, -0.1) is 0 Å². The lowest BCUT2D eigenvalue weighted by atomic mass is 10.2. The lowest BCUT2D eigenvalue weighted by Gasteiger charge is -2.07. The third-order valence-electron chi connectivity index (χ3n) is 1.46. The van der Waals surface area contributed by atoms with Crippen molar-refractivity contribution in [2.45, 2.75) is 32.6 Å². The Morgan fingerprint density at radius 1 is 1.00 bits per heavy atom. The van der Waals surface area contributed by atoms with Crippen LogP contribution in [-0.2, 0) is 0 Å². The number of hydrogen-bond acceptors (Lipinski definition) is 2. The lowest BCUT2D eigenvalue weighted by molar-refractivity contribution is 0.391.